The first kappa shape index (κ1) is 16.9. The number of fused-ring (bicyclic) bond motifs is 1. The highest BCUT2D eigenvalue weighted by Crippen LogP contribution is 2.22. The first-order chi connectivity index (χ1) is 11.4. The summed E-state index contributed by atoms with van der Waals surface area (Å²) in [6.07, 6.45) is 1.99. The molecule has 1 saturated heterocycles. The number of aromatic nitrogens is 2. The van der Waals surface area contributed by atoms with E-state index in [9.17, 15) is 4.79 Å². The van der Waals surface area contributed by atoms with Crippen LogP contribution in [0, 0.1) is 19.8 Å². The molecule has 1 amide bonds. The first-order valence-corrected chi connectivity index (χ1v) is 8.71. The summed E-state index contributed by atoms with van der Waals surface area (Å²) in [7, 11) is 0. The lowest BCUT2D eigenvalue weighted by Crippen LogP contribution is -2.45. The van der Waals surface area contributed by atoms with Crippen molar-refractivity contribution in [2.24, 2.45) is 5.92 Å². The molecule has 2 aromatic heterocycles. The summed E-state index contributed by atoms with van der Waals surface area (Å²) in [6.45, 7) is 11.4. The van der Waals surface area contributed by atoms with Gasteiger partial charge in [0.15, 0.2) is 0 Å². The van der Waals surface area contributed by atoms with Crippen LogP contribution in [0.3, 0.4) is 0 Å². The van der Waals surface area contributed by atoms with Crippen molar-refractivity contribution in [3.8, 4) is 0 Å². The minimum absolute atomic E-state index is 0.0564. The van der Waals surface area contributed by atoms with E-state index in [1.54, 1.807) is 0 Å². The molecule has 0 aromatic carbocycles. The SMILES string of the molecule is Cc1cc(C(=O)NC2CCN(CC(C)C)CC2)c2c(C)noc2n1. The summed E-state index contributed by atoms with van der Waals surface area (Å²) >= 11 is 0. The maximum atomic E-state index is 12.8. The molecule has 0 radical (unpaired) electrons. The molecule has 6 heteroatoms. The van der Waals surface area contributed by atoms with Crippen molar-refractivity contribution >= 4 is 17.0 Å². The summed E-state index contributed by atoms with van der Waals surface area (Å²) in [5.74, 6) is 0.625. The second-order valence-corrected chi connectivity index (χ2v) is 7.20. The summed E-state index contributed by atoms with van der Waals surface area (Å²) in [6, 6.07) is 2.04. The second kappa shape index (κ2) is 6.89. The molecule has 1 fully saturated rings. The van der Waals surface area contributed by atoms with Crippen LogP contribution in [-0.4, -0.2) is 46.6 Å². The molecule has 0 aliphatic carbocycles. The number of rotatable bonds is 4. The molecular formula is C18H26N4O2. The summed E-state index contributed by atoms with van der Waals surface area (Å²) in [5.41, 5.74) is 2.51. The van der Waals surface area contributed by atoms with Gasteiger partial charge in [-0.1, -0.05) is 19.0 Å². The summed E-state index contributed by atoms with van der Waals surface area (Å²) < 4.78 is 5.21. The maximum absolute atomic E-state index is 12.8. The van der Waals surface area contributed by atoms with Crippen molar-refractivity contribution in [3.63, 3.8) is 0 Å². The van der Waals surface area contributed by atoms with E-state index in [1.807, 2.05) is 19.9 Å². The van der Waals surface area contributed by atoms with Crippen LogP contribution in [0.1, 0.15) is 48.4 Å². The van der Waals surface area contributed by atoms with E-state index in [1.165, 1.54) is 0 Å². The minimum Gasteiger partial charge on any atom is -0.349 e. The van der Waals surface area contributed by atoms with Gasteiger partial charge in [-0.15, -0.1) is 0 Å². The van der Waals surface area contributed by atoms with Gasteiger partial charge in [-0.3, -0.25) is 4.79 Å². The fraction of sp³-hybridized carbons (Fsp3) is 0.611. The maximum Gasteiger partial charge on any atom is 0.258 e. The van der Waals surface area contributed by atoms with Gasteiger partial charge in [0.05, 0.1) is 16.6 Å². The molecule has 24 heavy (non-hydrogen) atoms. The number of nitrogens with one attached hydrogen (secondary N) is 1. The van der Waals surface area contributed by atoms with Crippen molar-refractivity contribution in [1.29, 1.82) is 0 Å². The predicted molar refractivity (Wildman–Crippen MR) is 93.0 cm³/mol. The highest BCUT2D eigenvalue weighted by atomic mass is 16.5. The number of aryl methyl sites for hydroxylation is 2. The third-order valence-corrected chi connectivity index (χ3v) is 4.54. The third kappa shape index (κ3) is 3.59. The third-order valence-electron chi connectivity index (χ3n) is 4.54. The molecule has 3 rings (SSSR count). The van der Waals surface area contributed by atoms with Gasteiger partial charge in [-0.05, 0) is 38.7 Å². The van der Waals surface area contributed by atoms with E-state index >= 15 is 0 Å². The highest BCUT2D eigenvalue weighted by molar-refractivity contribution is 6.06. The Morgan fingerprint density at radius 1 is 1.38 bits per heavy atom. The zero-order valence-electron chi connectivity index (χ0n) is 14.9. The number of pyridine rings is 1. The fourth-order valence-corrected chi connectivity index (χ4v) is 3.44. The van der Waals surface area contributed by atoms with Gasteiger partial charge in [0.1, 0.15) is 0 Å². The van der Waals surface area contributed by atoms with Gasteiger partial charge in [-0.25, -0.2) is 4.98 Å². The van der Waals surface area contributed by atoms with E-state index in [4.69, 9.17) is 4.52 Å². The van der Waals surface area contributed by atoms with Crippen LogP contribution in [-0.2, 0) is 0 Å². The van der Waals surface area contributed by atoms with Gasteiger partial charge in [0, 0.05) is 31.4 Å². The molecule has 1 aliphatic rings. The van der Waals surface area contributed by atoms with Gasteiger partial charge in [-0.2, -0.15) is 0 Å². The molecule has 6 nitrogen and oxygen atoms in total. The number of piperidine rings is 1. The number of hydrogen-bond acceptors (Lipinski definition) is 5. The van der Waals surface area contributed by atoms with Crippen molar-refractivity contribution in [2.75, 3.05) is 19.6 Å². The van der Waals surface area contributed by atoms with Crippen LogP contribution >= 0.6 is 0 Å². The van der Waals surface area contributed by atoms with Crippen LogP contribution in [0.5, 0.6) is 0 Å². The summed E-state index contributed by atoms with van der Waals surface area (Å²) in [5, 5.41) is 7.84. The first-order valence-electron chi connectivity index (χ1n) is 8.71. The van der Waals surface area contributed by atoms with Gasteiger partial charge in [0.25, 0.3) is 11.6 Å². The number of carbonyl (C=O) groups excluding carboxylic acids is 1. The Bertz CT molecular complexity index is 730. The van der Waals surface area contributed by atoms with Crippen LogP contribution in [0.25, 0.3) is 11.1 Å². The quantitative estimate of drug-likeness (QED) is 0.933. The lowest BCUT2D eigenvalue weighted by molar-refractivity contribution is 0.0908. The van der Waals surface area contributed by atoms with Crippen LogP contribution in [0.15, 0.2) is 10.6 Å². The standard InChI is InChI=1S/C18H26N4O2/c1-11(2)10-22-7-5-14(6-8-22)20-17(23)15-9-12(3)19-18-16(15)13(4)21-24-18/h9,11,14H,5-8,10H2,1-4H3,(H,20,23). The number of nitrogens with zero attached hydrogens (tertiary/aromatic N) is 3. The molecule has 0 unspecified atom stereocenters. The molecule has 2 aromatic rings. The zero-order chi connectivity index (χ0) is 17.3. The van der Waals surface area contributed by atoms with E-state index in [-0.39, 0.29) is 11.9 Å². The Morgan fingerprint density at radius 3 is 2.75 bits per heavy atom. The molecule has 1 aliphatic heterocycles. The molecule has 0 bridgehead atoms. The topological polar surface area (TPSA) is 71.3 Å². The second-order valence-electron chi connectivity index (χ2n) is 7.20. The molecular weight excluding hydrogens is 304 g/mol. The number of carbonyl (C=O) groups is 1. The van der Waals surface area contributed by atoms with Crippen LogP contribution in [0.2, 0.25) is 0 Å². The normalized spacial score (nSPS) is 16.9. The lowest BCUT2D eigenvalue weighted by Gasteiger charge is -2.33. The largest absolute Gasteiger partial charge is 0.349 e. The Kier molecular flexibility index (Phi) is 4.85. The van der Waals surface area contributed by atoms with E-state index in [2.05, 4.69) is 34.2 Å². The predicted octanol–water partition coefficient (Wildman–Crippen LogP) is 2.69. The molecule has 1 N–H and O–H groups in total. The van der Waals surface area contributed by atoms with Crippen molar-refractivity contribution in [2.45, 2.75) is 46.6 Å². The Morgan fingerprint density at radius 2 is 2.08 bits per heavy atom. The summed E-state index contributed by atoms with van der Waals surface area (Å²) in [4.78, 5) is 19.6. The van der Waals surface area contributed by atoms with Crippen molar-refractivity contribution < 1.29 is 9.32 Å². The van der Waals surface area contributed by atoms with Crippen LogP contribution in [0.4, 0.5) is 0 Å². The molecule has 0 spiro atoms. The Balaban J connectivity index is 1.69. The number of likely N-dealkylation sites (tertiary alicyclic amines) is 1. The fourth-order valence-electron chi connectivity index (χ4n) is 3.44. The van der Waals surface area contributed by atoms with Gasteiger partial charge >= 0.3 is 0 Å². The molecule has 3 heterocycles. The number of hydrogen-bond donors (Lipinski definition) is 1. The van der Waals surface area contributed by atoms with E-state index in [0.717, 1.165) is 43.6 Å². The Hall–Kier alpha value is -1.95. The average molecular weight is 330 g/mol. The van der Waals surface area contributed by atoms with Gasteiger partial charge in [0.2, 0.25) is 0 Å². The average Bonchev–Trinajstić information content (AvgIpc) is 2.89. The zero-order valence-corrected chi connectivity index (χ0v) is 14.9. The number of amides is 1. The monoisotopic (exact) mass is 330 g/mol. The van der Waals surface area contributed by atoms with Crippen LogP contribution < -0.4 is 5.32 Å². The molecule has 0 saturated carbocycles. The van der Waals surface area contributed by atoms with E-state index < -0.39 is 0 Å². The van der Waals surface area contributed by atoms with Crippen molar-refractivity contribution in [3.05, 3.63) is 23.0 Å². The van der Waals surface area contributed by atoms with Crippen molar-refractivity contribution in [1.82, 2.24) is 20.4 Å². The van der Waals surface area contributed by atoms with E-state index in [0.29, 0.717) is 22.9 Å². The Labute approximate surface area is 142 Å². The highest BCUT2D eigenvalue weighted by Gasteiger charge is 2.24. The minimum atomic E-state index is -0.0564. The molecule has 0 atom stereocenters. The lowest BCUT2D eigenvalue weighted by atomic mass is 10.0. The van der Waals surface area contributed by atoms with Gasteiger partial charge < -0.3 is 14.7 Å². The smallest absolute Gasteiger partial charge is 0.258 e. The molecule has 130 valence electrons.